The Morgan fingerprint density at radius 1 is 1.41 bits per heavy atom. The van der Waals surface area contributed by atoms with Crippen LogP contribution in [0.15, 0.2) is 42.5 Å². The summed E-state index contributed by atoms with van der Waals surface area (Å²) >= 11 is 0. The Kier molecular flexibility index (Phi) is 5.20. The molecule has 6 atom stereocenters. The molecule has 2 aliphatic carbocycles. The molecule has 2 fully saturated rings. The van der Waals surface area contributed by atoms with Crippen molar-refractivity contribution >= 4 is 5.97 Å². The van der Waals surface area contributed by atoms with Gasteiger partial charge in [0.05, 0.1) is 30.7 Å². The molecule has 158 valence electrons. The van der Waals surface area contributed by atoms with Crippen molar-refractivity contribution in [3.63, 3.8) is 0 Å². The number of aliphatic hydroxyl groups excluding tert-OH is 2. The average molecular weight is 401 g/mol. The molecule has 2 saturated carbocycles. The Balaban J connectivity index is 1.70. The zero-order valence-corrected chi connectivity index (χ0v) is 17.4. The number of carbonyl (C=O) groups excluding carboxylic acids is 1. The van der Waals surface area contributed by atoms with Gasteiger partial charge >= 0.3 is 5.97 Å². The van der Waals surface area contributed by atoms with Crippen molar-refractivity contribution < 1.29 is 19.7 Å². The Morgan fingerprint density at radius 2 is 2.21 bits per heavy atom. The molecule has 0 saturated heterocycles. The number of aliphatic hydroxyl groups is 2. The van der Waals surface area contributed by atoms with Crippen LogP contribution in [0.3, 0.4) is 0 Å². The Bertz CT molecular complexity index is 817. The zero-order chi connectivity index (χ0) is 20.8. The lowest BCUT2D eigenvalue weighted by Gasteiger charge is -2.60. The van der Waals surface area contributed by atoms with Gasteiger partial charge in [-0.2, -0.15) is 0 Å². The number of aromatic nitrogens is 2. The van der Waals surface area contributed by atoms with Crippen LogP contribution in [-0.4, -0.2) is 45.1 Å². The Morgan fingerprint density at radius 3 is 2.83 bits per heavy atom. The van der Waals surface area contributed by atoms with Crippen LogP contribution in [0.25, 0.3) is 0 Å². The van der Waals surface area contributed by atoms with E-state index >= 15 is 0 Å². The second kappa shape index (κ2) is 7.40. The molecule has 0 bridgehead atoms. The molecule has 1 aromatic rings. The lowest BCUT2D eigenvalue weighted by molar-refractivity contribution is -0.153. The average Bonchev–Trinajstić information content (AvgIpc) is 3.37. The first-order valence-electron chi connectivity index (χ1n) is 10.6. The minimum atomic E-state index is -0.512. The third-order valence-electron chi connectivity index (χ3n) is 8.15. The van der Waals surface area contributed by atoms with Gasteiger partial charge in [0.2, 0.25) is 0 Å². The van der Waals surface area contributed by atoms with Crippen LogP contribution < -0.4 is 0 Å². The van der Waals surface area contributed by atoms with Crippen LogP contribution in [0.4, 0.5) is 0 Å². The minimum Gasteiger partial charge on any atom is -0.458 e. The fourth-order valence-electron chi connectivity index (χ4n) is 6.37. The van der Waals surface area contributed by atoms with E-state index in [1.54, 1.807) is 12.5 Å². The van der Waals surface area contributed by atoms with Crippen LogP contribution in [0.1, 0.15) is 52.0 Å². The molecule has 0 radical (unpaired) electrons. The van der Waals surface area contributed by atoms with Gasteiger partial charge in [-0.15, -0.1) is 0 Å². The molecular weight excluding hydrogens is 368 g/mol. The molecule has 0 aromatic carbocycles. The first-order valence-corrected chi connectivity index (χ1v) is 10.6. The summed E-state index contributed by atoms with van der Waals surface area (Å²) in [6, 6.07) is -0.156. The van der Waals surface area contributed by atoms with Gasteiger partial charge in [0.25, 0.3) is 0 Å². The van der Waals surface area contributed by atoms with E-state index in [1.165, 1.54) is 5.57 Å². The SMILES string of the molecule is C=C1CCC2[C@](C)(CO)C(O)CC[C@]2(C)[C@H]1CC(C1=CCOC1=O)n1ccnc1. The molecule has 0 spiro atoms. The highest BCUT2D eigenvalue weighted by Crippen LogP contribution is 2.62. The molecule has 6 nitrogen and oxygen atoms in total. The summed E-state index contributed by atoms with van der Waals surface area (Å²) < 4.78 is 7.19. The highest BCUT2D eigenvalue weighted by molar-refractivity contribution is 5.91. The third kappa shape index (κ3) is 3.17. The van der Waals surface area contributed by atoms with Gasteiger partial charge in [0.1, 0.15) is 6.61 Å². The smallest absolute Gasteiger partial charge is 0.336 e. The third-order valence-corrected chi connectivity index (χ3v) is 8.15. The number of hydrogen-bond donors (Lipinski definition) is 2. The molecule has 0 amide bonds. The Labute approximate surface area is 172 Å². The number of hydrogen-bond acceptors (Lipinski definition) is 5. The van der Waals surface area contributed by atoms with Gasteiger partial charge in [-0.25, -0.2) is 9.78 Å². The number of ether oxygens (including phenoxy) is 1. The number of carbonyl (C=O) groups is 1. The highest BCUT2D eigenvalue weighted by Gasteiger charge is 2.58. The van der Waals surface area contributed by atoms with Crippen LogP contribution >= 0.6 is 0 Å². The standard InChI is InChI=1S/C23H32N2O4/c1-15-4-5-19-22(2,8-6-20(27)23(19,3)13-26)17(15)12-18(25-10-9-24-14-25)16-7-11-29-21(16)28/h7,9-10,14,17-20,26-27H,1,4-6,8,11-13H2,2-3H3/t17-,18?,19?,20?,22+,23-/m0/s1. The number of allylic oxidation sites excluding steroid dienone is 1. The van der Waals surface area contributed by atoms with E-state index in [1.807, 2.05) is 23.8 Å². The first kappa shape index (κ1) is 20.4. The topological polar surface area (TPSA) is 84.6 Å². The maximum Gasteiger partial charge on any atom is 0.336 e. The summed E-state index contributed by atoms with van der Waals surface area (Å²) in [6.45, 7) is 9.03. The van der Waals surface area contributed by atoms with Crippen LogP contribution in [0.2, 0.25) is 0 Å². The zero-order valence-electron chi connectivity index (χ0n) is 17.4. The van der Waals surface area contributed by atoms with Gasteiger partial charge in [0.15, 0.2) is 0 Å². The van der Waals surface area contributed by atoms with E-state index in [4.69, 9.17) is 4.74 Å². The van der Waals surface area contributed by atoms with E-state index in [0.717, 1.165) is 25.7 Å². The van der Waals surface area contributed by atoms with Crippen molar-refractivity contribution in [2.24, 2.45) is 22.7 Å². The molecule has 3 aliphatic rings. The van der Waals surface area contributed by atoms with E-state index in [9.17, 15) is 15.0 Å². The summed E-state index contributed by atoms with van der Waals surface area (Å²) in [5.41, 5.74) is 1.29. The first-order chi connectivity index (χ1) is 13.8. The van der Waals surface area contributed by atoms with Gasteiger partial charge in [0, 0.05) is 17.8 Å². The fraction of sp³-hybridized carbons (Fsp3) is 0.652. The maximum absolute atomic E-state index is 12.4. The van der Waals surface area contributed by atoms with E-state index in [2.05, 4.69) is 18.5 Å². The summed E-state index contributed by atoms with van der Waals surface area (Å²) in [4.78, 5) is 16.6. The van der Waals surface area contributed by atoms with E-state index < -0.39 is 11.5 Å². The molecule has 2 N–H and O–H groups in total. The predicted molar refractivity (Wildman–Crippen MR) is 109 cm³/mol. The molecule has 4 rings (SSSR count). The van der Waals surface area contributed by atoms with Crippen LogP contribution in [0, 0.1) is 22.7 Å². The fourth-order valence-corrected chi connectivity index (χ4v) is 6.37. The number of fused-ring (bicyclic) bond motifs is 1. The van der Waals surface area contributed by atoms with E-state index in [-0.39, 0.29) is 35.9 Å². The predicted octanol–water partition coefficient (Wildman–Crippen LogP) is 3.04. The molecule has 2 heterocycles. The van der Waals surface area contributed by atoms with E-state index in [0.29, 0.717) is 18.6 Å². The second-order valence-electron chi connectivity index (χ2n) is 9.55. The number of nitrogens with zero attached hydrogens (tertiary/aromatic N) is 2. The van der Waals surface area contributed by atoms with Crippen LogP contribution in [0.5, 0.6) is 0 Å². The second-order valence-corrected chi connectivity index (χ2v) is 9.55. The van der Waals surface area contributed by atoms with Crippen LogP contribution in [-0.2, 0) is 9.53 Å². The summed E-state index contributed by atoms with van der Waals surface area (Å²) in [6.07, 6.45) is 10.9. The lowest BCUT2D eigenvalue weighted by Crippen LogP contribution is -2.57. The van der Waals surface area contributed by atoms with Crippen molar-refractivity contribution in [2.75, 3.05) is 13.2 Å². The molecule has 29 heavy (non-hydrogen) atoms. The Hall–Kier alpha value is -1.92. The summed E-state index contributed by atoms with van der Waals surface area (Å²) in [5.74, 6) is 0.125. The quantitative estimate of drug-likeness (QED) is 0.586. The lowest BCUT2D eigenvalue weighted by atomic mass is 9.46. The number of cyclic esters (lactones) is 1. The van der Waals surface area contributed by atoms with Gasteiger partial charge in [-0.1, -0.05) is 26.0 Å². The number of imidazole rings is 1. The normalized spacial score (nSPS) is 38.3. The largest absolute Gasteiger partial charge is 0.458 e. The van der Waals surface area contributed by atoms with Crippen molar-refractivity contribution in [3.05, 3.63) is 42.5 Å². The minimum absolute atomic E-state index is 0.0178. The summed E-state index contributed by atoms with van der Waals surface area (Å²) in [7, 11) is 0. The monoisotopic (exact) mass is 400 g/mol. The highest BCUT2D eigenvalue weighted by atomic mass is 16.5. The summed E-state index contributed by atoms with van der Waals surface area (Å²) in [5, 5.41) is 20.9. The molecule has 1 aromatic heterocycles. The van der Waals surface area contributed by atoms with Crippen molar-refractivity contribution in [2.45, 2.75) is 58.1 Å². The molecule has 6 heteroatoms. The van der Waals surface area contributed by atoms with Crippen molar-refractivity contribution in [3.8, 4) is 0 Å². The van der Waals surface area contributed by atoms with Gasteiger partial charge < -0.3 is 19.5 Å². The van der Waals surface area contributed by atoms with Gasteiger partial charge in [-0.05, 0) is 55.4 Å². The van der Waals surface area contributed by atoms with Gasteiger partial charge in [-0.3, -0.25) is 0 Å². The van der Waals surface area contributed by atoms with Crippen molar-refractivity contribution in [1.29, 1.82) is 0 Å². The number of esters is 1. The maximum atomic E-state index is 12.4. The van der Waals surface area contributed by atoms with Crippen molar-refractivity contribution in [1.82, 2.24) is 9.55 Å². The molecule has 1 aliphatic heterocycles. The number of rotatable bonds is 5. The molecular formula is C23H32N2O4. The molecule has 3 unspecified atom stereocenters.